The first-order chi connectivity index (χ1) is 7.27. The molecule has 0 saturated carbocycles. The van der Waals surface area contributed by atoms with E-state index in [1.165, 1.54) is 4.88 Å². The zero-order valence-electron chi connectivity index (χ0n) is 7.68. The van der Waals surface area contributed by atoms with Crippen LogP contribution in [0.25, 0.3) is 0 Å². The van der Waals surface area contributed by atoms with Gasteiger partial charge in [-0.05, 0) is 27.4 Å². The Hall–Kier alpha value is -0.590. The smallest absolute Gasteiger partial charge is 0.156 e. The maximum Gasteiger partial charge on any atom is 0.156 e. The summed E-state index contributed by atoms with van der Waals surface area (Å²) in [4.78, 5) is 9.44. The summed E-state index contributed by atoms with van der Waals surface area (Å²) >= 11 is 6.81. The first-order valence-corrected chi connectivity index (χ1v) is 6.84. The van der Waals surface area contributed by atoms with Gasteiger partial charge in [-0.25, -0.2) is 9.97 Å². The topological polar surface area (TPSA) is 51.8 Å². The van der Waals surface area contributed by atoms with Crippen molar-refractivity contribution in [2.24, 2.45) is 0 Å². The molecule has 0 spiro atoms. The molecule has 0 unspecified atom stereocenters. The average Bonchev–Trinajstić information content (AvgIpc) is 2.63. The summed E-state index contributed by atoms with van der Waals surface area (Å²) in [6.45, 7) is 0. The molecule has 0 atom stereocenters. The van der Waals surface area contributed by atoms with Gasteiger partial charge >= 0.3 is 0 Å². The van der Waals surface area contributed by atoms with Crippen LogP contribution in [0, 0.1) is 0 Å². The van der Waals surface area contributed by atoms with Crippen molar-refractivity contribution in [1.29, 1.82) is 0 Å². The van der Waals surface area contributed by atoms with Gasteiger partial charge in [-0.1, -0.05) is 11.8 Å². The number of thiophene rings is 1. The van der Waals surface area contributed by atoms with Gasteiger partial charge in [0, 0.05) is 27.5 Å². The SMILES string of the molecule is Nc1nccnc1SCc1sccc1Br. The lowest BCUT2D eigenvalue weighted by atomic mass is 10.5. The first kappa shape index (κ1) is 10.9. The van der Waals surface area contributed by atoms with Gasteiger partial charge in [-0.2, -0.15) is 0 Å². The number of aromatic nitrogens is 2. The van der Waals surface area contributed by atoms with E-state index in [0.29, 0.717) is 5.82 Å². The molecule has 0 aromatic carbocycles. The summed E-state index contributed by atoms with van der Waals surface area (Å²) in [5, 5.41) is 2.85. The van der Waals surface area contributed by atoms with Crippen LogP contribution in [0.4, 0.5) is 5.82 Å². The van der Waals surface area contributed by atoms with E-state index in [0.717, 1.165) is 15.3 Å². The Labute approximate surface area is 104 Å². The molecule has 0 radical (unpaired) electrons. The largest absolute Gasteiger partial charge is 0.381 e. The van der Waals surface area contributed by atoms with E-state index in [9.17, 15) is 0 Å². The third-order valence-electron chi connectivity index (χ3n) is 1.72. The molecule has 0 amide bonds. The Kier molecular flexibility index (Phi) is 3.61. The minimum absolute atomic E-state index is 0.496. The first-order valence-electron chi connectivity index (χ1n) is 4.18. The summed E-state index contributed by atoms with van der Waals surface area (Å²) in [5.41, 5.74) is 5.70. The Morgan fingerprint density at radius 2 is 2.20 bits per heavy atom. The second-order valence-electron chi connectivity index (χ2n) is 2.73. The van der Waals surface area contributed by atoms with Crippen LogP contribution in [0.1, 0.15) is 4.88 Å². The number of hydrogen-bond donors (Lipinski definition) is 1. The van der Waals surface area contributed by atoms with Crippen molar-refractivity contribution in [1.82, 2.24) is 9.97 Å². The van der Waals surface area contributed by atoms with E-state index >= 15 is 0 Å². The highest BCUT2D eigenvalue weighted by Crippen LogP contribution is 2.30. The number of thioether (sulfide) groups is 1. The molecule has 0 aliphatic rings. The maximum atomic E-state index is 5.70. The molecule has 15 heavy (non-hydrogen) atoms. The zero-order chi connectivity index (χ0) is 10.7. The predicted molar refractivity (Wildman–Crippen MR) is 68.0 cm³/mol. The quantitative estimate of drug-likeness (QED) is 0.885. The summed E-state index contributed by atoms with van der Waals surface area (Å²) in [5.74, 6) is 1.36. The number of nitrogen functional groups attached to an aromatic ring is 1. The van der Waals surface area contributed by atoms with Crippen LogP contribution in [0.3, 0.4) is 0 Å². The van der Waals surface area contributed by atoms with Gasteiger partial charge in [0.05, 0.1) is 0 Å². The van der Waals surface area contributed by atoms with E-state index in [4.69, 9.17) is 5.73 Å². The van der Waals surface area contributed by atoms with Gasteiger partial charge in [0.15, 0.2) is 5.82 Å². The molecule has 0 aliphatic heterocycles. The lowest BCUT2D eigenvalue weighted by Crippen LogP contribution is -1.94. The Morgan fingerprint density at radius 1 is 1.40 bits per heavy atom. The molecular weight excluding hydrogens is 294 g/mol. The van der Waals surface area contributed by atoms with Crippen molar-refractivity contribution in [3.05, 3.63) is 33.2 Å². The van der Waals surface area contributed by atoms with Crippen LogP contribution in [-0.2, 0) is 5.75 Å². The van der Waals surface area contributed by atoms with Gasteiger partial charge in [-0.15, -0.1) is 11.3 Å². The van der Waals surface area contributed by atoms with Crippen molar-refractivity contribution >= 4 is 44.8 Å². The molecule has 2 rings (SSSR count). The minimum atomic E-state index is 0.496. The normalized spacial score (nSPS) is 10.5. The zero-order valence-corrected chi connectivity index (χ0v) is 10.9. The van der Waals surface area contributed by atoms with Crippen molar-refractivity contribution in [2.75, 3.05) is 5.73 Å². The summed E-state index contributed by atoms with van der Waals surface area (Å²) in [7, 11) is 0. The highest BCUT2D eigenvalue weighted by Gasteiger charge is 2.05. The monoisotopic (exact) mass is 301 g/mol. The molecule has 78 valence electrons. The van der Waals surface area contributed by atoms with Gasteiger partial charge in [0.25, 0.3) is 0 Å². The Balaban J connectivity index is 2.06. The van der Waals surface area contributed by atoms with Crippen LogP contribution in [0.5, 0.6) is 0 Å². The standard InChI is InChI=1S/C9H8BrN3S2/c10-6-1-4-14-7(6)5-15-9-8(11)12-2-3-13-9/h1-4H,5H2,(H2,11,12). The molecular formula is C9H8BrN3S2. The van der Waals surface area contributed by atoms with E-state index in [-0.39, 0.29) is 0 Å². The molecule has 2 aromatic rings. The van der Waals surface area contributed by atoms with Crippen LogP contribution >= 0.6 is 39.0 Å². The number of anilines is 1. The van der Waals surface area contributed by atoms with Crippen molar-refractivity contribution in [3.8, 4) is 0 Å². The van der Waals surface area contributed by atoms with Crippen LogP contribution < -0.4 is 5.73 Å². The van der Waals surface area contributed by atoms with E-state index < -0.39 is 0 Å². The summed E-state index contributed by atoms with van der Waals surface area (Å²) in [6, 6.07) is 2.04. The van der Waals surface area contributed by atoms with Gasteiger partial charge in [0.1, 0.15) is 5.03 Å². The van der Waals surface area contributed by atoms with Crippen LogP contribution in [-0.4, -0.2) is 9.97 Å². The van der Waals surface area contributed by atoms with Crippen LogP contribution in [0.2, 0.25) is 0 Å². The second-order valence-corrected chi connectivity index (χ2v) is 5.55. The van der Waals surface area contributed by atoms with Crippen molar-refractivity contribution in [3.63, 3.8) is 0 Å². The predicted octanol–water partition coefficient (Wildman–Crippen LogP) is 3.18. The number of rotatable bonds is 3. The molecule has 0 bridgehead atoms. The molecule has 3 nitrogen and oxygen atoms in total. The maximum absolute atomic E-state index is 5.70. The van der Waals surface area contributed by atoms with Gasteiger partial charge < -0.3 is 5.73 Å². The molecule has 2 aromatic heterocycles. The fraction of sp³-hybridized carbons (Fsp3) is 0.111. The number of hydrogen-bond acceptors (Lipinski definition) is 5. The third kappa shape index (κ3) is 2.70. The van der Waals surface area contributed by atoms with Crippen LogP contribution in [0.15, 0.2) is 33.3 Å². The summed E-state index contributed by atoms with van der Waals surface area (Å²) < 4.78 is 1.14. The van der Waals surface area contributed by atoms with Crippen molar-refractivity contribution < 1.29 is 0 Å². The van der Waals surface area contributed by atoms with Gasteiger partial charge in [0.2, 0.25) is 0 Å². The summed E-state index contributed by atoms with van der Waals surface area (Å²) in [6.07, 6.45) is 3.25. The fourth-order valence-electron chi connectivity index (χ4n) is 1.01. The van der Waals surface area contributed by atoms with Gasteiger partial charge in [-0.3, -0.25) is 0 Å². The number of nitrogens with two attached hydrogens (primary N) is 1. The molecule has 2 N–H and O–H groups in total. The Bertz CT molecular complexity index is 458. The highest BCUT2D eigenvalue weighted by atomic mass is 79.9. The second kappa shape index (κ2) is 4.96. The number of nitrogens with zero attached hydrogens (tertiary/aromatic N) is 2. The van der Waals surface area contributed by atoms with E-state index in [1.807, 2.05) is 6.07 Å². The molecule has 6 heteroatoms. The average molecular weight is 302 g/mol. The van der Waals surface area contributed by atoms with E-state index in [2.05, 4.69) is 31.3 Å². The third-order valence-corrected chi connectivity index (χ3v) is 4.85. The number of halogens is 1. The molecule has 0 saturated heterocycles. The lowest BCUT2D eigenvalue weighted by molar-refractivity contribution is 1.07. The molecule has 2 heterocycles. The minimum Gasteiger partial charge on any atom is -0.381 e. The highest BCUT2D eigenvalue weighted by molar-refractivity contribution is 9.10. The fourth-order valence-corrected chi connectivity index (χ4v) is 3.68. The molecule has 0 aliphatic carbocycles. The molecule has 0 fully saturated rings. The van der Waals surface area contributed by atoms with E-state index in [1.54, 1.807) is 35.5 Å². The van der Waals surface area contributed by atoms with Crippen molar-refractivity contribution in [2.45, 2.75) is 10.8 Å². The lowest BCUT2D eigenvalue weighted by Gasteiger charge is -2.01. The Morgan fingerprint density at radius 3 is 2.87 bits per heavy atom.